The van der Waals surface area contributed by atoms with Crippen LogP contribution in [-0.2, 0) is 9.84 Å². The van der Waals surface area contributed by atoms with Crippen LogP contribution in [-0.4, -0.2) is 19.9 Å². The highest BCUT2D eigenvalue weighted by atomic mass is 79.9. The van der Waals surface area contributed by atoms with E-state index in [1.54, 1.807) is 11.3 Å². The monoisotopic (exact) mass is 309 g/mol. The Morgan fingerprint density at radius 2 is 2.27 bits per heavy atom. The number of rotatable bonds is 2. The van der Waals surface area contributed by atoms with Crippen molar-refractivity contribution in [2.45, 2.75) is 12.5 Å². The molecule has 2 unspecified atom stereocenters. The molecule has 15 heavy (non-hydrogen) atoms. The first-order valence-electron chi connectivity index (χ1n) is 4.69. The first kappa shape index (κ1) is 11.6. The molecule has 0 amide bonds. The molecule has 0 aromatic carbocycles. The van der Waals surface area contributed by atoms with Crippen molar-refractivity contribution in [1.82, 2.24) is 0 Å². The molecular weight excluding hydrogens is 298 g/mol. The molecule has 1 fully saturated rings. The van der Waals surface area contributed by atoms with Gasteiger partial charge in [-0.2, -0.15) is 0 Å². The average molecular weight is 310 g/mol. The van der Waals surface area contributed by atoms with Gasteiger partial charge >= 0.3 is 0 Å². The Balaban J connectivity index is 2.13. The number of thiophene rings is 1. The van der Waals surface area contributed by atoms with E-state index >= 15 is 0 Å². The molecule has 0 bridgehead atoms. The number of hydrogen-bond acceptors (Lipinski definition) is 4. The van der Waals surface area contributed by atoms with Crippen molar-refractivity contribution < 1.29 is 8.42 Å². The van der Waals surface area contributed by atoms with Crippen LogP contribution in [0.5, 0.6) is 0 Å². The number of hydrogen-bond donors (Lipinski definition) is 1. The highest BCUT2D eigenvalue weighted by molar-refractivity contribution is 9.11. The highest BCUT2D eigenvalue weighted by Gasteiger charge is 2.33. The van der Waals surface area contributed by atoms with Crippen LogP contribution in [0.25, 0.3) is 0 Å². The smallest absolute Gasteiger partial charge is 0.150 e. The molecule has 0 radical (unpaired) electrons. The van der Waals surface area contributed by atoms with E-state index in [0.717, 1.165) is 8.66 Å². The summed E-state index contributed by atoms with van der Waals surface area (Å²) in [4.78, 5) is 1.06. The van der Waals surface area contributed by atoms with Crippen LogP contribution >= 0.6 is 27.3 Å². The second-order valence-corrected chi connectivity index (χ2v) is 8.55. The molecule has 2 heterocycles. The summed E-state index contributed by atoms with van der Waals surface area (Å²) in [7, 11) is -2.83. The molecule has 1 aromatic rings. The third-order valence-electron chi connectivity index (χ3n) is 2.70. The van der Waals surface area contributed by atoms with Gasteiger partial charge in [-0.25, -0.2) is 8.42 Å². The molecule has 6 heteroatoms. The first-order chi connectivity index (χ1) is 6.98. The summed E-state index contributed by atoms with van der Waals surface area (Å²) < 4.78 is 23.7. The van der Waals surface area contributed by atoms with Gasteiger partial charge in [0, 0.05) is 10.9 Å². The van der Waals surface area contributed by atoms with Gasteiger partial charge in [0.05, 0.1) is 15.3 Å². The third kappa shape index (κ3) is 2.61. The summed E-state index contributed by atoms with van der Waals surface area (Å²) in [5.74, 6) is 0.613. The lowest BCUT2D eigenvalue weighted by atomic mass is 9.99. The van der Waals surface area contributed by atoms with Crippen LogP contribution in [0.15, 0.2) is 15.9 Å². The van der Waals surface area contributed by atoms with Crippen LogP contribution in [0.1, 0.15) is 17.3 Å². The first-order valence-corrected chi connectivity index (χ1v) is 8.12. The number of halogens is 1. The van der Waals surface area contributed by atoms with Gasteiger partial charge in [-0.3, -0.25) is 0 Å². The van der Waals surface area contributed by atoms with Crippen LogP contribution in [0, 0.1) is 5.92 Å². The fraction of sp³-hybridized carbons (Fsp3) is 0.556. The number of nitrogens with two attached hydrogens (primary N) is 1. The summed E-state index contributed by atoms with van der Waals surface area (Å²) in [6.07, 6.45) is 0.693. The van der Waals surface area contributed by atoms with Crippen molar-refractivity contribution in [3.8, 4) is 0 Å². The van der Waals surface area contributed by atoms with Gasteiger partial charge < -0.3 is 5.73 Å². The van der Waals surface area contributed by atoms with E-state index in [1.165, 1.54) is 0 Å². The van der Waals surface area contributed by atoms with Crippen molar-refractivity contribution in [2.75, 3.05) is 11.5 Å². The van der Waals surface area contributed by atoms with Gasteiger partial charge in [-0.1, -0.05) is 0 Å². The molecule has 2 rings (SSSR count). The van der Waals surface area contributed by atoms with E-state index in [9.17, 15) is 8.42 Å². The van der Waals surface area contributed by atoms with Crippen LogP contribution in [0.4, 0.5) is 0 Å². The average Bonchev–Trinajstić information content (AvgIpc) is 2.71. The van der Waals surface area contributed by atoms with Crippen molar-refractivity contribution in [3.63, 3.8) is 0 Å². The van der Waals surface area contributed by atoms with E-state index < -0.39 is 9.84 Å². The normalized spacial score (nSPS) is 26.7. The van der Waals surface area contributed by atoms with Gasteiger partial charge in [0.1, 0.15) is 0 Å². The molecule has 2 N–H and O–H groups in total. The summed E-state index contributed by atoms with van der Waals surface area (Å²) >= 11 is 4.96. The summed E-state index contributed by atoms with van der Waals surface area (Å²) in [6.45, 7) is 0. The molecule has 3 nitrogen and oxygen atoms in total. The molecule has 0 aliphatic carbocycles. The second-order valence-electron chi connectivity index (χ2n) is 3.83. The predicted octanol–water partition coefficient (Wildman–Crippen LogP) is 1.95. The van der Waals surface area contributed by atoms with Crippen molar-refractivity contribution in [2.24, 2.45) is 11.7 Å². The maximum atomic E-state index is 11.3. The summed E-state index contributed by atoms with van der Waals surface area (Å²) in [5, 5.41) is 0. The molecular formula is C9H12BrNO2S2. The lowest BCUT2D eigenvalue weighted by Crippen LogP contribution is -2.21. The molecule has 84 valence electrons. The van der Waals surface area contributed by atoms with Gasteiger partial charge in [-0.05, 0) is 40.4 Å². The van der Waals surface area contributed by atoms with E-state index in [1.807, 2.05) is 12.1 Å². The minimum atomic E-state index is -2.83. The van der Waals surface area contributed by atoms with E-state index in [0.29, 0.717) is 6.42 Å². The van der Waals surface area contributed by atoms with Crippen molar-refractivity contribution in [3.05, 3.63) is 20.8 Å². The Morgan fingerprint density at radius 1 is 1.53 bits per heavy atom. The Kier molecular flexibility index (Phi) is 3.21. The number of sulfone groups is 1. The Labute approximate surface area is 102 Å². The highest BCUT2D eigenvalue weighted by Crippen LogP contribution is 2.34. The van der Waals surface area contributed by atoms with E-state index in [4.69, 9.17) is 5.73 Å². The molecule has 1 aliphatic heterocycles. The Hall–Kier alpha value is 0.0900. The quantitative estimate of drug-likeness (QED) is 0.908. The van der Waals surface area contributed by atoms with Crippen molar-refractivity contribution in [1.29, 1.82) is 0 Å². The fourth-order valence-electron chi connectivity index (χ4n) is 1.85. The maximum Gasteiger partial charge on any atom is 0.150 e. The Bertz CT molecular complexity index is 454. The van der Waals surface area contributed by atoms with Gasteiger partial charge in [0.15, 0.2) is 9.84 Å². The molecule has 1 aliphatic rings. The molecule has 2 atom stereocenters. The predicted molar refractivity (Wildman–Crippen MR) is 65.7 cm³/mol. The third-order valence-corrected chi connectivity index (χ3v) is 6.22. The SMILES string of the molecule is NC(c1ccc(Br)s1)C1CCS(=O)(=O)C1. The molecule has 1 saturated heterocycles. The van der Waals surface area contributed by atoms with Crippen molar-refractivity contribution >= 4 is 37.1 Å². The largest absolute Gasteiger partial charge is 0.323 e. The minimum absolute atomic E-state index is 0.0838. The topological polar surface area (TPSA) is 60.2 Å². The molecule has 0 spiro atoms. The standard InChI is InChI=1S/C9H12BrNO2S2/c10-8-2-1-7(14-8)9(11)6-3-4-15(12,13)5-6/h1-2,6,9H,3-5,11H2. The van der Waals surface area contributed by atoms with Crippen LogP contribution < -0.4 is 5.73 Å². The lowest BCUT2D eigenvalue weighted by molar-refractivity contribution is 0.486. The zero-order valence-corrected chi connectivity index (χ0v) is 11.2. The molecule has 1 aromatic heterocycles. The zero-order valence-electron chi connectivity index (χ0n) is 8.02. The fourth-order valence-corrected chi connectivity index (χ4v) is 5.22. The van der Waals surface area contributed by atoms with Crippen LogP contribution in [0.2, 0.25) is 0 Å². The van der Waals surface area contributed by atoms with Gasteiger partial charge in [0.2, 0.25) is 0 Å². The lowest BCUT2D eigenvalue weighted by Gasteiger charge is -2.15. The maximum absolute atomic E-state index is 11.3. The minimum Gasteiger partial charge on any atom is -0.323 e. The molecule has 0 saturated carbocycles. The summed E-state index contributed by atoms with van der Waals surface area (Å²) in [5.41, 5.74) is 6.06. The second kappa shape index (κ2) is 4.16. The van der Waals surface area contributed by atoms with Gasteiger partial charge in [-0.15, -0.1) is 11.3 Å². The van der Waals surface area contributed by atoms with Gasteiger partial charge in [0.25, 0.3) is 0 Å². The summed E-state index contributed by atoms with van der Waals surface area (Å²) in [6, 6.07) is 3.77. The Morgan fingerprint density at radius 3 is 2.73 bits per heavy atom. The van der Waals surface area contributed by atoms with E-state index in [2.05, 4.69) is 15.9 Å². The van der Waals surface area contributed by atoms with Crippen LogP contribution in [0.3, 0.4) is 0 Å². The zero-order chi connectivity index (χ0) is 11.1. The van der Waals surface area contributed by atoms with E-state index in [-0.39, 0.29) is 23.5 Å².